The minimum Gasteiger partial charge on any atom is -0.485 e. The summed E-state index contributed by atoms with van der Waals surface area (Å²) in [7, 11) is 0. The van der Waals surface area contributed by atoms with Gasteiger partial charge < -0.3 is 9.26 Å². The maximum Gasteiger partial charge on any atom is 0.240 e. The number of nitrogens with zero attached hydrogens (tertiary/aromatic N) is 4. The molecule has 6 nitrogen and oxygen atoms in total. The van der Waals surface area contributed by atoms with E-state index in [0.717, 1.165) is 29.9 Å². The van der Waals surface area contributed by atoms with Crippen molar-refractivity contribution in [1.29, 1.82) is 0 Å². The van der Waals surface area contributed by atoms with Crippen LogP contribution >= 0.6 is 11.3 Å². The van der Waals surface area contributed by atoms with Crippen molar-refractivity contribution in [2.24, 2.45) is 0 Å². The predicted molar refractivity (Wildman–Crippen MR) is 112 cm³/mol. The van der Waals surface area contributed by atoms with Gasteiger partial charge in [-0.1, -0.05) is 23.7 Å². The van der Waals surface area contributed by atoms with E-state index in [1.807, 2.05) is 6.07 Å². The molecule has 1 saturated heterocycles. The average Bonchev–Trinajstić information content (AvgIpc) is 3.40. The van der Waals surface area contributed by atoms with Crippen LogP contribution in [0.4, 0.5) is 4.39 Å². The third-order valence-electron chi connectivity index (χ3n) is 5.24. The van der Waals surface area contributed by atoms with Gasteiger partial charge in [0.1, 0.15) is 16.6 Å². The number of piperidine rings is 1. The Morgan fingerprint density at radius 3 is 2.83 bits per heavy atom. The lowest BCUT2D eigenvalue weighted by atomic mass is 10.0. The number of hydrogen-bond acceptors (Lipinski definition) is 7. The average molecular weight is 425 g/mol. The molecule has 1 unspecified atom stereocenters. The molecule has 0 saturated carbocycles. The molecule has 1 atom stereocenters. The zero-order valence-corrected chi connectivity index (χ0v) is 17.1. The number of benzene rings is 2. The van der Waals surface area contributed by atoms with Gasteiger partial charge in [0, 0.05) is 0 Å². The van der Waals surface area contributed by atoms with Crippen LogP contribution in [-0.4, -0.2) is 26.6 Å². The molecule has 0 aliphatic carbocycles. The third kappa shape index (κ3) is 4.20. The van der Waals surface area contributed by atoms with Crippen molar-refractivity contribution in [3.8, 4) is 5.75 Å². The Hall–Kier alpha value is -2.84. The van der Waals surface area contributed by atoms with E-state index < -0.39 is 0 Å². The molecule has 8 heteroatoms. The summed E-state index contributed by atoms with van der Waals surface area (Å²) in [4.78, 5) is 11.7. The van der Waals surface area contributed by atoms with E-state index in [1.165, 1.54) is 23.3 Å². The number of ether oxygens (including phenoxy) is 1. The number of para-hydroxylation sites is 1. The van der Waals surface area contributed by atoms with Crippen LogP contribution in [0.25, 0.3) is 10.2 Å². The van der Waals surface area contributed by atoms with E-state index in [4.69, 9.17) is 14.2 Å². The molecule has 0 radical (unpaired) electrons. The van der Waals surface area contributed by atoms with Crippen molar-refractivity contribution >= 4 is 21.6 Å². The Balaban J connectivity index is 1.26. The first-order chi connectivity index (χ1) is 14.7. The molecule has 5 rings (SSSR count). The summed E-state index contributed by atoms with van der Waals surface area (Å²) >= 11 is 1.76. The number of hydrogen-bond donors (Lipinski definition) is 0. The Morgan fingerprint density at radius 1 is 1.10 bits per heavy atom. The highest BCUT2D eigenvalue weighted by molar-refractivity contribution is 7.18. The topological polar surface area (TPSA) is 64.3 Å². The predicted octanol–water partition coefficient (Wildman–Crippen LogP) is 5.12. The van der Waals surface area contributed by atoms with E-state index in [9.17, 15) is 4.39 Å². The lowest BCUT2D eigenvalue weighted by Crippen LogP contribution is -2.33. The van der Waals surface area contributed by atoms with Crippen LogP contribution in [0.15, 0.2) is 53.1 Å². The zero-order chi connectivity index (χ0) is 20.3. The van der Waals surface area contributed by atoms with Gasteiger partial charge >= 0.3 is 0 Å². The lowest BCUT2D eigenvalue weighted by molar-refractivity contribution is 0.123. The highest BCUT2D eigenvalue weighted by Crippen LogP contribution is 2.36. The van der Waals surface area contributed by atoms with Crippen LogP contribution in [-0.2, 0) is 13.2 Å². The SMILES string of the molecule is Fc1ccc(OCc2noc(CN3CCCCC3c3nc4ccccc4s3)n2)cc1. The van der Waals surface area contributed by atoms with Crippen LogP contribution < -0.4 is 4.74 Å². The number of thiazole rings is 1. The van der Waals surface area contributed by atoms with Gasteiger partial charge in [-0.3, -0.25) is 4.90 Å². The quantitative estimate of drug-likeness (QED) is 0.428. The van der Waals surface area contributed by atoms with Gasteiger partial charge in [-0.15, -0.1) is 11.3 Å². The molecule has 0 spiro atoms. The van der Waals surface area contributed by atoms with E-state index in [0.29, 0.717) is 24.0 Å². The van der Waals surface area contributed by atoms with Crippen LogP contribution in [0, 0.1) is 5.82 Å². The highest BCUT2D eigenvalue weighted by Gasteiger charge is 2.28. The van der Waals surface area contributed by atoms with Crippen LogP contribution in [0.3, 0.4) is 0 Å². The maximum atomic E-state index is 13.0. The summed E-state index contributed by atoms with van der Waals surface area (Å²) in [5.74, 6) is 1.31. The summed E-state index contributed by atoms with van der Waals surface area (Å²) in [5, 5.41) is 5.17. The standard InChI is InChI=1S/C22H21FN4O2S/c23-15-8-10-16(11-9-15)28-14-20-25-21(29-26-20)13-27-12-4-3-6-18(27)22-24-17-5-1-2-7-19(17)30-22/h1-2,5,7-11,18H,3-4,6,12-14H2. The molecular weight excluding hydrogens is 403 g/mol. The van der Waals surface area contributed by atoms with Crippen molar-refractivity contribution in [2.45, 2.75) is 38.5 Å². The second-order valence-corrected chi connectivity index (χ2v) is 8.41. The normalized spacial score (nSPS) is 17.4. The molecule has 1 aliphatic rings. The summed E-state index contributed by atoms with van der Waals surface area (Å²) in [5.41, 5.74) is 1.06. The highest BCUT2D eigenvalue weighted by atomic mass is 32.1. The van der Waals surface area contributed by atoms with Crippen LogP contribution in [0.2, 0.25) is 0 Å². The van der Waals surface area contributed by atoms with Gasteiger partial charge in [0.25, 0.3) is 0 Å². The second kappa shape index (κ2) is 8.49. The minimum absolute atomic E-state index is 0.177. The van der Waals surface area contributed by atoms with Gasteiger partial charge in [0.15, 0.2) is 6.61 Å². The van der Waals surface area contributed by atoms with E-state index in [1.54, 1.807) is 23.5 Å². The molecular formula is C22H21FN4O2S. The van der Waals surface area contributed by atoms with Gasteiger partial charge in [-0.05, 0) is 55.8 Å². The molecule has 4 aromatic rings. The molecule has 1 fully saturated rings. The first-order valence-corrected chi connectivity index (χ1v) is 10.9. The third-order valence-corrected chi connectivity index (χ3v) is 6.38. The van der Waals surface area contributed by atoms with Gasteiger partial charge in [0.2, 0.25) is 11.7 Å². The Morgan fingerprint density at radius 2 is 1.97 bits per heavy atom. The van der Waals surface area contributed by atoms with Crippen molar-refractivity contribution < 1.29 is 13.7 Å². The molecule has 30 heavy (non-hydrogen) atoms. The largest absolute Gasteiger partial charge is 0.485 e. The summed E-state index contributed by atoms with van der Waals surface area (Å²) in [6, 6.07) is 14.4. The number of likely N-dealkylation sites (tertiary alicyclic amines) is 1. The number of halogens is 1. The summed E-state index contributed by atoms with van der Waals surface area (Å²) in [6.07, 6.45) is 3.42. The van der Waals surface area contributed by atoms with E-state index >= 15 is 0 Å². The molecule has 1 aliphatic heterocycles. The van der Waals surface area contributed by atoms with Gasteiger partial charge in [-0.2, -0.15) is 4.98 Å². The molecule has 0 bridgehead atoms. The van der Waals surface area contributed by atoms with Crippen molar-refractivity contribution in [3.63, 3.8) is 0 Å². The van der Waals surface area contributed by atoms with Crippen LogP contribution in [0.5, 0.6) is 5.75 Å². The maximum absolute atomic E-state index is 13.0. The van der Waals surface area contributed by atoms with Crippen molar-refractivity contribution in [1.82, 2.24) is 20.0 Å². The fourth-order valence-electron chi connectivity index (χ4n) is 3.76. The van der Waals surface area contributed by atoms with E-state index in [-0.39, 0.29) is 18.5 Å². The fourth-order valence-corrected chi connectivity index (χ4v) is 4.90. The Kier molecular flexibility index (Phi) is 5.42. The first kappa shape index (κ1) is 19.1. The Labute approximate surface area is 177 Å². The van der Waals surface area contributed by atoms with Crippen molar-refractivity contribution in [2.75, 3.05) is 6.54 Å². The van der Waals surface area contributed by atoms with Crippen LogP contribution in [0.1, 0.15) is 42.0 Å². The number of aromatic nitrogens is 3. The molecule has 2 aromatic heterocycles. The lowest BCUT2D eigenvalue weighted by Gasteiger charge is -2.33. The molecule has 3 heterocycles. The first-order valence-electron chi connectivity index (χ1n) is 10.0. The number of fused-ring (bicyclic) bond motifs is 1. The molecule has 154 valence electrons. The van der Waals surface area contributed by atoms with E-state index in [2.05, 4.69) is 33.2 Å². The number of rotatable bonds is 6. The molecule has 2 aromatic carbocycles. The molecule has 0 amide bonds. The van der Waals surface area contributed by atoms with Crippen molar-refractivity contribution in [3.05, 3.63) is 71.1 Å². The Bertz CT molecular complexity index is 1090. The smallest absolute Gasteiger partial charge is 0.240 e. The molecule has 0 N–H and O–H groups in total. The van der Waals surface area contributed by atoms with Gasteiger partial charge in [-0.25, -0.2) is 9.37 Å². The monoisotopic (exact) mass is 424 g/mol. The summed E-state index contributed by atoms with van der Waals surface area (Å²) < 4.78 is 25.3. The minimum atomic E-state index is -0.298. The van der Waals surface area contributed by atoms with Gasteiger partial charge in [0.05, 0.1) is 22.8 Å². The summed E-state index contributed by atoms with van der Waals surface area (Å²) in [6.45, 7) is 1.74. The fraction of sp³-hybridized carbons (Fsp3) is 0.318. The zero-order valence-electron chi connectivity index (χ0n) is 16.3. The second-order valence-electron chi connectivity index (χ2n) is 7.35.